The van der Waals surface area contributed by atoms with Crippen molar-refractivity contribution in [2.75, 3.05) is 0 Å². The summed E-state index contributed by atoms with van der Waals surface area (Å²) >= 11 is 0. The average molecular weight is 273 g/mol. The molecule has 1 aromatic heterocycles. The number of nitrogens with zero attached hydrogens (tertiary/aromatic N) is 2. The fourth-order valence-corrected chi connectivity index (χ4v) is 1.97. The first-order valence-corrected chi connectivity index (χ1v) is 7.26. The average Bonchev–Trinajstić information content (AvgIpc) is 2.93. The summed E-state index contributed by atoms with van der Waals surface area (Å²) in [7, 11) is 0. The molecule has 0 aliphatic rings. The highest BCUT2D eigenvalue weighted by molar-refractivity contribution is 5.51. The van der Waals surface area contributed by atoms with Gasteiger partial charge in [0.1, 0.15) is 0 Å². The molecule has 0 amide bonds. The SMILES string of the molecule is CC(C)CCC(C)NCc1nnc(-c2ccccc2)o1. The van der Waals surface area contributed by atoms with E-state index in [9.17, 15) is 0 Å². The van der Waals surface area contributed by atoms with Crippen LogP contribution in [0.15, 0.2) is 34.7 Å². The number of nitrogens with one attached hydrogen (secondary N) is 1. The Morgan fingerprint density at radius 1 is 1.05 bits per heavy atom. The molecule has 4 nitrogen and oxygen atoms in total. The second-order valence-electron chi connectivity index (χ2n) is 5.62. The third kappa shape index (κ3) is 4.46. The molecular formula is C16H23N3O. The molecule has 0 bridgehead atoms. The molecule has 0 saturated carbocycles. The molecular weight excluding hydrogens is 250 g/mol. The summed E-state index contributed by atoms with van der Waals surface area (Å²) in [6.45, 7) is 7.31. The topological polar surface area (TPSA) is 51.0 Å². The van der Waals surface area contributed by atoms with Crippen molar-refractivity contribution in [1.29, 1.82) is 0 Å². The summed E-state index contributed by atoms with van der Waals surface area (Å²) in [5, 5.41) is 11.6. The van der Waals surface area contributed by atoms with E-state index < -0.39 is 0 Å². The second kappa shape index (κ2) is 7.20. The van der Waals surface area contributed by atoms with Crippen LogP contribution in [-0.2, 0) is 6.54 Å². The molecule has 0 radical (unpaired) electrons. The highest BCUT2D eigenvalue weighted by Gasteiger charge is 2.09. The van der Waals surface area contributed by atoms with E-state index in [-0.39, 0.29) is 0 Å². The van der Waals surface area contributed by atoms with Crippen molar-refractivity contribution in [2.45, 2.75) is 46.2 Å². The molecule has 0 fully saturated rings. The standard InChI is InChI=1S/C16H23N3O/c1-12(2)9-10-13(3)17-11-15-18-19-16(20-15)14-7-5-4-6-8-14/h4-8,12-13,17H,9-11H2,1-3H3. The van der Waals surface area contributed by atoms with Crippen LogP contribution in [0.4, 0.5) is 0 Å². The first-order chi connectivity index (χ1) is 9.65. The lowest BCUT2D eigenvalue weighted by atomic mass is 10.0. The minimum atomic E-state index is 0.462. The molecule has 20 heavy (non-hydrogen) atoms. The molecule has 1 atom stereocenters. The quantitative estimate of drug-likeness (QED) is 0.836. The predicted octanol–water partition coefficient (Wildman–Crippen LogP) is 3.65. The number of hydrogen-bond donors (Lipinski definition) is 1. The van der Waals surface area contributed by atoms with Gasteiger partial charge in [-0.2, -0.15) is 0 Å². The Morgan fingerprint density at radius 3 is 2.50 bits per heavy atom. The Morgan fingerprint density at radius 2 is 1.80 bits per heavy atom. The Hall–Kier alpha value is -1.68. The lowest BCUT2D eigenvalue weighted by molar-refractivity contribution is 0.414. The van der Waals surface area contributed by atoms with Gasteiger partial charge < -0.3 is 9.73 Å². The van der Waals surface area contributed by atoms with Crippen molar-refractivity contribution < 1.29 is 4.42 Å². The van der Waals surface area contributed by atoms with E-state index in [2.05, 4.69) is 36.3 Å². The van der Waals surface area contributed by atoms with Crippen LogP contribution in [0.5, 0.6) is 0 Å². The maximum absolute atomic E-state index is 5.66. The fraction of sp³-hybridized carbons (Fsp3) is 0.500. The zero-order valence-electron chi connectivity index (χ0n) is 12.5. The van der Waals surface area contributed by atoms with E-state index in [1.54, 1.807) is 0 Å². The predicted molar refractivity (Wildman–Crippen MR) is 80.1 cm³/mol. The fourth-order valence-electron chi connectivity index (χ4n) is 1.97. The number of hydrogen-bond acceptors (Lipinski definition) is 4. The summed E-state index contributed by atoms with van der Waals surface area (Å²) in [4.78, 5) is 0. The third-order valence-electron chi connectivity index (χ3n) is 3.27. The van der Waals surface area contributed by atoms with E-state index in [1.165, 1.54) is 6.42 Å². The summed E-state index contributed by atoms with van der Waals surface area (Å²) in [6.07, 6.45) is 2.39. The molecule has 4 heteroatoms. The smallest absolute Gasteiger partial charge is 0.247 e. The first kappa shape index (κ1) is 14.7. The van der Waals surface area contributed by atoms with Gasteiger partial charge in [-0.1, -0.05) is 32.0 Å². The lowest BCUT2D eigenvalue weighted by Crippen LogP contribution is -2.25. The van der Waals surface area contributed by atoms with Crippen LogP contribution in [0, 0.1) is 5.92 Å². The molecule has 1 unspecified atom stereocenters. The molecule has 0 aliphatic carbocycles. The van der Waals surface area contributed by atoms with Crippen LogP contribution in [0.3, 0.4) is 0 Å². The van der Waals surface area contributed by atoms with Crippen molar-refractivity contribution in [3.8, 4) is 11.5 Å². The molecule has 108 valence electrons. The van der Waals surface area contributed by atoms with Crippen LogP contribution < -0.4 is 5.32 Å². The number of rotatable bonds is 7. The summed E-state index contributed by atoms with van der Waals surface area (Å²) in [5.41, 5.74) is 0.958. The monoisotopic (exact) mass is 273 g/mol. The molecule has 0 aliphatic heterocycles. The normalized spacial score (nSPS) is 12.8. The van der Waals surface area contributed by atoms with E-state index >= 15 is 0 Å². The molecule has 1 N–H and O–H groups in total. The van der Waals surface area contributed by atoms with Crippen LogP contribution in [0.2, 0.25) is 0 Å². The van der Waals surface area contributed by atoms with Crippen LogP contribution in [-0.4, -0.2) is 16.2 Å². The third-order valence-corrected chi connectivity index (χ3v) is 3.27. The van der Waals surface area contributed by atoms with Crippen LogP contribution >= 0.6 is 0 Å². The van der Waals surface area contributed by atoms with E-state index in [0.29, 0.717) is 24.4 Å². The van der Waals surface area contributed by atoms with Gasteiger partial charge in [-0.3, -0.25) is 0 Å². The van der Waals surface area contributed by atoms with E-state index in [4.69, 9.17) is 4.42 Å². The van der Waals surface area contributed by atoms with Crippen LogP contribution in [0.25, 0.3) is 11.5 Å². The minimum absolute atomic E-state index is 0.462. The van der Waals surface area contributed by atoms with Gasteiger partial charge in [-0.15, -0.1) is 10.2 Å². The van der Waals surface area contributed by atoms with Crippen molar-refractivity contribution in [3.63, 3.8) is 0 Å². The Labute approximate surface area is 120 Å². The van der Waals surface area contributed by atoms with Crippen molar-refractivity contribution in [3.05, 3.63) is 36.2 Å². The van der Waals surface area contributed by atoms with Gasteiger partial charge in [-0.05, 0) is 37.8 Å². The highest BCUT2D eigenvalue weighted by Crippen LogP contribution is 2.16. The van der Waals surface area contributed by atoms with Gasteiger partial charge in [-0.25, -0.2) is 0 Å². The first-order valence-electron chi connectivity index (χ1n) is 7.26. The zero-order chi connectivity index (χ0) is 14.4. The number of aromatic nitrogens is 2. The van der Waals surface area contributed by atoms with Crippen LogP contribution in [0.1, 0.15) is 39.5 Å². The molecule has 0 spiro atoms. The van der Waals surface area contributed by atoms with Gasteiger partial charge in [0.25, 0.3) is 0 Å². The molecule has 1 heterocycles. The van der Waals surface area contributed by atoms with Crippen molar-refractivity contribution in [2.24, 2.45) is 5.92 Å². The molecule has 1 aromatic carbocycles. The Balaban J connectivity index is 1.84. The van der Waals surface area contributed by atoms with Crippen molar-refractivity contribution >= 4 is 0 Å². The molecule has 0 saturated heterocycles. The largest absolute Gasteiger partial charge is 0.419 e. The Bertz CT molecular complexity index is 507. The summed E-state index contributed by atoms with van der Waals surface area (Å²) in [5.74, 6) is 1.96. The van der Waals surface area contributed by atoms with Gasteiger partial charge in [0.2, 0.25) is 11.8 Å². The molecule has 2 rings (SSSR count). The second-order valence-corrected chi connectivity index (χ2v) is 5.62. The van der Waals surface area contributed by atoms with Gasteiger partial charge in [0.05, 0.1) is 6.54 Å². The summed E-state index contributed by atoms with van der Waals surface area (Å²) < 4.78 is 5.66. The van der Waals surface area contributed by atoms with Crippen molar-refractivity contribution in [1.82, 2.24) is 15.5 Å². The Kier molecular flexibility index (Phi) is 5.30. The van der Waals surface area contributed by atoms with Gasteiger partial charge in [0.15, 0.2) is 0 Å². The highest BCUT2D eigenvalue weighted by atomic mass is 16.4. The maximum atomic E-state index is 5.66. The lowest BCUT2D eigenvalue weighted by Gasteiger charge is -2.13. The van der Waals surface area contributed by atoms with Gasteiger partial charge in [0, 0.05) is 11.6 Å². The maximum Gasteiger partial charge on any atom is 0.247 e. The molecule has 2 aromatic rings. The minimum Gasteiger partial charge on any atom is -0.419 e. The summed E-state index contributed by atoms with van der Waals surface area (Å²) in [6, 6.07) is 10.3. The number of benzene rings is 1. The zero-order valence-corrected chi connectivity index (χ0v) is 12.5. The van der Waals surface area contributed by atoms with Gasteiger partial charge >= 0.3 is 0 Å². The van der Waals surface area contributed by atoms with E-state index in [1.807, 2.05) is 30.3 Å². The van der Waals surface area contributed by atoms with E-state index in [0.717, 1.165) is 17.9 Å².